The fourth-order valence-corrected chi connectivity index (χ4v) is 2.53. The molecule has 1 aliphatic heterocycles. The van der Waals surface area contributed by atoms with Crippen LogP contribution in [0.5, 0.6) is 5.75 Å². The molecule has 0 bridgehead atoms. The summed E-state index contributed by atoms with van der Waals surface area (Å²) in [7, 11) is 0. The Morgan fingerprint density at radius 2 is 2.04 bits per heavy atom. The molecule has 1 atom stereocenters. The van der Waals surface area contributed by atoms with Gasteiger partial charge in [-0.1, -0.05) is 0 Å². The van der Waals surface area contributed by atoms with E-state index in [9.17, 15) is 9.59 Å². The molecule has 6 nitrogen and oxygen atoms in total. The van der Waals surface area contributed by atoms with Crippen LogP contribution in [0.25, 0.3) is 0 Å². The van der Waals surface area contributed by atoms with Crippen molar-refractivity contribution in [3.05, 3.63) is 29.8 Å². The van der Waals surface area contributed by atoms with E-state index >= 15 is 0 Å². The molecule has 1 amide bonds. The number of carboxylic acid groups (broad SMARTS) is 1. The van der Waals surface area contributed by atoms with Crippen molar-refractivity contribution in [2.45, 2.75) is 51.2 Å². The lowest BCUT2D eigenvalue weighted by molar-refractivity contribution is -0.137. The molecule has 1 saturated heterocycles. The minimum atomic E-state index is -0.870. The van der Waals surface area contributed by atoms with Crippen LogP contribution in [0.4, 0.5) is 0 Å². The third-order valence-electron chi connectivity index (χ3n) is 3.99. The Morgan fingerprint density at radius 3 is 2.62 bits per heavy atom. The van der Waals surface area contributed by atoms with Crippen LogP contribution in [-0.2, 0) is 9.53 Å². The van der Waals surface area contributed by atoms with Crippen molar-refractivity contribution in [3.8, 4) is 5.75 Å². The molecule has 1 fully saturated rings. The fourth-order valence-electron chi connectivity index (χ4n) is 2.53. The second kappa shape index (κ2) is 8.15. The lowest BCUT2D eigenvalue weighted by Crippen LogP contribution is -2.43. The Kier molecular flexibility index (Phi) is 6.20. The van der Waals surface area contributed by atoms with Crippen LogP contribution in [0.15, 0.2) is 24.3 Å². The molecular formula is C18H25NO5. The summed E-state index contributed by atoms with van der Waals surface area (Å²) < 4.78 is 11.2. The molecule has 0 saturated carbocycles. The Balaban J connectivity index is 1.84. The van der Waals surface area contributed by atoms with E-state index in [1.54, 1.807) is 24.3 Å². The predicted octanol–water partition coefficient (Wildman–Crippen LogP) is 2.62. The summed E-state index contributed by atoms with van der Waals surface area (Å²) in [5.41, 5.74) is -0.0624. The van der Waals surface area contributed by atoms with Crippen LogP contribution in [0, 0.1) is 0 Å². The second-order valence-corrected chi connectivity index (χ2v) is 6.70. The summed E-state index contributed by atoms with van der Waals surface area (Å²) in [6.45, 7) is 4.94. The molecule has 2 N–H and O–H groups in total. The number of rotatable bonds is 8. The molecule has 1 aromatic rings. The maximum Gasteiger partial charge on any atom is 0.303 e. The zero-order valence-electron chi connectivity index (χ0n) is 14.2. The number of amides is 1. The molecule has 0 aliphatic carbocycles. The smallest absolute Gasteiger partial charge is 0.303 e. The summed E-state index contributed by atoms with van der Waals surface area (Å²) >= 11 is 0. The minimum Gasteiger partial charge on any atom is -0.491 e. The normalized spacial score (nSPS) is 17.5. The number of ether oxygens (including phenoxy) is 2. The summed E-state index contributed by atoms with van der Waals surface area (Å²) in [5.74, 6) is -0.395. The van der Waals surface area contributed by atoms with Gasteiger partial charge in [0.15, 0.2) is 0 Å². The lowest BCUT2D eigenvalue weighted by Gasteiger charge is -2.25. The van der Waals surface area contributed by atoms with E-state index in [0.717, 1.165) is 19.4 Å². The van der Waals surface area contributed by atoms with Crippen molar-refractivity contribution in [2.24, 2.45) is 0 Å². The van der Waals surface area contributed by atoms with Crippen molar-refractivity contribution in [1.29, 1.82) is 0 Å². The highest BCUT2D eigenvalue weighted by Gasteiger charge is 2.22. The Morgan fingerprint density at radius 1 is 1.33 bits per heavy atom. The first-order valence-corrected chi connectivity index (χ1v) is 8.24. The standard InChI is InChI=1S/C18H25NO5/c1-18(2,10-9-16(20)21)19-17(22)13-5-7-14(8-6-13)24-12-15-4-3-11-23-15/h5-8,15H,3-4,9-12H2,1-2H3,(H,19,22)(H,20,21). The monoisotopic (exact) mass is 335 g/mol. The molecule has 132 valence electrons. The highest BCUT2D eigenvalue weighted by molar-refractivity contribution is 5.94. The van der Waals surface area contributed by atoms with Gasteiger partial charge >= 0.3 is 5.97 Å². The van der Waals surface area contributed by atoms with Gasteiger partial charge in [0, 0.05) is 24.1 Å². The van der Waals surface area contributed by atoms with Gasteiger partial charge in [0.1, 0.15) is 12.4 Å². The maximum atomic E-state index is 12.3. The third-order valence-corrected chi connectivity index (χ3v) is 3.99. The second-order valence-electron chi connectivity index (χ2n) is 6.70. The van der Waals surface area contributed by atoms with Gasteiger partial charge in [-0.25, -0.2) is 0 Å². The van der Waals surface area contributed by atoms with E-state index in [2.05, 4.69) is 5.32 Å². The topological polar surface area (TPSA) is 84.9 Å². The molecule has 6 heteroatoms. The van der Waals surface area contributed by atoms with E-state index in [1.807, 2.05) is 13.8 Å². The average Bonchev–Trinajstić information content (AvgIpc) is 3.04. The van der Waals surface area contributed by atoms with E-state index in [4.69, 9.17) is 14.6 Å². The van der Waals surface area contributed by atoms with E-state index in [-0.39, 0.29) is 18.4 Å². The first kappa shape index (κ1) is 18.3. The van der Waals surface area contributed by atoms with Crippen LogP contribution < -0.4 is 10.1 Å². The number of nitrogens with one attached hydrogen (secondary N) is 1. The molecule has 0 aromatic heterocycles. The van der Waals surface area contributed by atoms with E-state index in [1.165, 1.54) is 0 Å². The largest absolute Gasteiger partial charge is 0.491 e. The molecule has 0 spiro atoms. The van der Waals surface area contributed by atoms with Crippen LogP contribution in [-0.4, -0.2) is 41.8 Å². The number of aliphatic carboxylic acids is 1. The molecule has 24 heavy (non-hydrogen) atoms. The van der Waals surface area contributed by atoms with E-state index < -0.39 is 11.5 Å². The van der Waals surface area contributed by atoms with Crippen molar-refractivity contribution in [1.82, 2.24) is 5.32 Å². The average molecular weight is 335 g/mol. The number of carboxylic acids is 1. The molecular weight excluding hydrogens is 310 g/mol. The number of hydrogen-bond acceptors (Lipinski definition) is 4. The summed E-state index contributed by atoms with van der Waals surface area (Å²) in [6, 6.07) is 6.92. The lowest BCUT2D eigenvalue weighted by atomic mass is 9.98. The SMILES string of the molecule is CC(C)(CCC(=O)O)NC(=O)c1ccc(OCC2CCCO2)cc1. The van der Waals surface area contributed by atoms with Gasteiger partial charge in [-0.05, 0) is 57.4 Å². The van der Waals surface area contributed by atoms with Gasteiger partial charge in [0.05, 0.1) is 6.10 Å². The summed E-state index contributed by atoms with van der Waals surface area (Å²) in [4.78, 5) is 22.9. The van der Waals surface area contributed by atoms with Gasteiger partial charge in [0.2, 0.25) is 0 Å². The Hall–Kier alpha value is -2.08. The zero-order chi connectivity index (χ0) is 17.6. The van der Waals surface area contributed by atoms with Crippen LogP contribution >= 0.6 is 0 Å². The molecule has 1 heterocycles. The van der Waals surface area contributed by atoms with Crippen molar-refractivity contribution >= 4 is 11.9 Å². The van der Waals surface area contributed by atoms with Crippen molar-refractivity contribution in [2.75, 3.05) is 13.2 Å². The molecule has 1 unspecified atom stereocenters. The first-order chi connectivity index (χ1) is 11.4. The zero-order valence-corrected chi connectivity index (χ0v) is 14.2. The Bertz CT molecular complexity index is 561. The quantitative estimate of drug-likeness (QED) is 0.763. The van der Waals surface area contributed by atoms with Gasteiger partial charge in [0.25, 0.3) is 5.91 Å². The third kappa shape index (κ3) is 5.85. The van der Waals surface area contributed by atoms with Gasteiger partial charge < -0.3 is 19.9 Å². The number of hydrogen-bond donors (Lipinski definition) is 2. The van der Waals surface area contributed by atoms with Crippen molar-refractivity contribution < 1.29 is 24.2 Å². The van der Waals surface area contributed by atoms with Gasteiger partial charge in [-0.3, -0.25) is 9.59 Å². The highest BCUT2D eigenvalue weighted by atomic mass is 16.5. The number of benzene rings is 1. The maximum absolute atomic E-state index is 12.3. The molecule has 0 radical (unpaired) electrons. The summed E-state index contributed by atoms with van der Waals surface area (Å²) in [5, 5.41) is 11.6. The summed E-state index contributed by atoms with van der Waals surface area (Å²) in [6.07, 6.45) is 2.64. The number of carbonyl (C=O) groups excluding carboxylic acids is 1. The molecule has 2 rings (SSSR count). The highest BCUT2D eigenvalue weighted by Crippen LogP contribution is 2.18. The van der Waals surface area contributed by atoms with Crippen LogP contribution in [0.2, 0.25) is 0 Å². The minimum absolute atomic E-state index is 0.0172. The van der Waals surface area contributed by atoms with Gasteiger partial charge in [-0.15, -0.1) is 0 Å². The first-order valence-electron chi connectivity index (χ1n) is 8.24. The van der Waals surface area contributed by atoms with E-state index in [0.29, 0.717) is 24.3 Å². The van der Waals surface area contributed by atoms with Crippen LogP contribution in [0.3, 0.4) is 0 Å². The van der Waals surface area contributed by atoms with Gasteiger partial charge in [-0.2, -0.15) is 0 Å². The molecule has 1 aromatic carbocycles. The molecule has 1 aliphatic rings. The van der Waals surface area contributed by atoms with Crippen LogP contribution in [0.1, 0.15) is 49.9 Å². The van der Waals surface area contributed by atoms with Crippen molar-refractivity contribution in [3.63, 3.8) is 0 Å². The fraction of sp³-hybridized carbons (Fsp3) is 0.556. The number of carbonyl (C=O) groups is 2. The Labute approximate surface area is 142 Å². The predicted molar refractivity (Wildman–Crippen MR) is 89.3 cm³/mol.